The van der Waals surface area contributed by atoms with Gasteiger partial charge >= 0.3 is 0 Å². The number of oxime groups is 1. The molecule has 1 rings (SSSR count). The van der Waals surface area contributed by atoms with Crippen molar-refractivity contribution in [2.24, 2.45) is 5.16 Å². The topological polar surface area (TPSA) is 58.4 Å². The van der Waals surface area contributed by atoms with E-state index in [4.69, 9.17) is 28.4 Å². The highest BCUT2D eigenvalue weighted by molar-refractivity contribution is 6.33. The molecule has 4 nitrogen and oxygen atoms in total. The average Bonchev–Trinajstić information content (AvgIpc) is 1.85. The van der Waals surface area contributed by atoms with E-state index in [-0.39, 0.29) is 16.1 Å². The van der Waals surface area contributed by atoms with Gasteiger partial charge in [-0.2, -0.15) is 0 Å². The molecule has 0 bridgehead atoms. The van der Waals surface area contributed by atoms with E-state index in [1.165, 1.54) is 6.07 Å². The first-order chi connectivity index (χ1) is 5.22. The van der Waals surface area contributed by atoms with Crippen LogP contribution in [0.2, 0.25) is 10.3 Å². The summed E-state index contributed by atoms with van der Waals surface area (Å²) in [5.74, 6) is 0.171. The third-order valence-corrected chi connectivity index (χ3v) is 1.24. The quantitative estimate of drug-likeness (QED) is 0.318. The molecule has 0 aliphatic rings. The minimum atomic E-state index is 0.171. The lowest BCUT2D eigenvalue weighted by molar-refractivity contribution is 0.321. The van der Waals surface area contributed by atoms with E-state index >= 15 is 0 Å². The van der Waals surface area contributed by atoms with Crippen LogP contribution in [0.3, 0.4) is 0 Å². The first-order valence-corrected chi connectivity index (χ1v) is 3.35. The zero-order chi connectivity index (χ0) is 8.27. The molecule has 1 N–H and O–H groups in total. The molecule has 0 aliphatic heterocycles. The number of rotatable bonds is 1. The van der Waals surface area contributed by atoms with Gasteiger partial charge in [0.2, 0.25) is 0 Å². The Labute approximate surface area is 72.5 Å². The van der Waals surface area contributed by atoms with Crippen molar-refractivity contribution in [1.29, 1.82) is 0 Å². The second-order valence-electron chi connectivity index (χ2n) is 1.62. The normalized spacial score (nSPS) is 10.7. The predicted molar refractivity (Wildman–Crippen MR) is 41.4 cm³/mol. The van der Waals surface area contributed by atoms with Gasteiger partial charge in [0, 0.05) is 6.07 Å². The van der Waals surface area contributed by atoms with Crippen molar-refractivity contribution >= 4 is 29.4 Å². The Bertz CT molecular complexity index is 269. The van der Waals surface area contributed by atoms with Crippen LogP contribution in [0.25, 0.3) is 0 Å². The lowest BCUT2D eigenvalue weighted by Gasteiger charge is -1.92. The molecule has 0 saturated heterocycles. The first kappa shape index (κ1) is 8.23. The maximum absolute atomic E-state index is 8.10. The van der Waals surface area contributed by atoms with Gasteiger partial charge in [-0.1, -0.05) is 28.4 Å². The van der Waals surface area contributed by atoms with E-state index in [1.807, 2.05) is 0 Å². The molecule has 0 fully saturated rings. The summed E-state index contributed by atoms with van der Waals surface area (Å²) >= 11 is 11.0. The molecular formula is C5H3Cl2N3O. The van der Waals surface area contributed by atoms with Gasteiger partial charge in [0.1, 0.15) is 16.5 Å². The summed E-state index contributed by atoms with van der Waals surface area (Å²) in [5.41, 5.74) is 0. The highest BCUT2D eigenvalue weighted by Crippen LogP contribution is 2.10. The minimum Gasteiger partial charge on any atom is -0.411 e. The molecule has 58 valence electrons. The van der Waals surface area contributed by atoms with Crippen LogP contribution in [0.5, 0.6) is 0 Å². The smallest absolute Gasteiger partial charge is 0.176 e. The molecule has 11 heavy (non-hydrogen) atoms. The fourth-order valence-corrected chi connectivity index (χ4v) is 0.952. The fraction of sp³-hybridized carbons (Fsp3) is 0. The summed E-state index contributed by atoms with van der Waals surface area (Å²) in [6, 6.07) is 1.39. The minimum absolute atomic E-state index is 0.171. The second kappa shape index (κ2) is 3.50. The Balaban J connectivity index is 3.08. The Hall–Kier alpha value is -0.870. The molecular weight excluding hydrogens is 189 g/mol. The molecule has 0 radical (unpaired) electrons. The van der Waals surface area contributed by atoms with Crippen LogP contribution < -0.4 is 0 Å². The molecule has 0 aliphatic carbocycles. The molecule has 0 saturated carbocycles. The van der Waals surface area contributed by atoms with E-state index < -0.39 is 0 Å². The zero-order valence-corrected chi connectivity index (χ0v) is 6.71. The monoisotopic (exact) mass is 191 g/mol. The molecule has 0 amide bonds. The Morgan fingerprint density at radius 1 is 1.36 bits per heavy atom. The molecule has 1 aromatic heterocycles. The SMILES string of the molecule is ON=Cc1nc(Cl)cc(Cl)n1. The van der Waals surface area contributed by atoms with Crippen molar-refractivity contribution in [1.82, 2.24) is 9.97 Å². The molecule has 0 atom stereocenters. The van der Waals surface area contributed by atoms with Gasteiger partial charge in [-0.3, -0.25) is 0 Å². The fourth-order valence-electron chi connectivity index (χ4n) is 0.516. The summed E-state index contributed by atoms with van der Waals surface area (Å²) < 4.78 is 0. The number of nitrogens with zero attached hydrogens (tertiary/aromatic N) is 3. The van der Waals surface area contributed by atoms with Gasteiger partial charge in [0.25, 0.3) is 0 Å². The van der Waals surface area contributed by atoms with Crippen LogP contribution in [0.15, 0.2) is 11.2 Å². The van der Waals surface area contributed by atoms with E-state index in [0.29, 0.717) is 0 Å². The second-order valence-corrected chi connectivity index (χ2v) is 2.39. The number of halogens is 2. The Morgan fingerprint density at radius 3 is 2.36 bits per heavy atom. The van der Waals surface area contributed by atoms with Crippen molar-refractivity contribution in [3.05, 3.63) is 22.2 Å². The standard InChI is InChI=1S/C5H3Cl2N3O/c6-3-1-4(7)10-5(9-3)2-8-11/h1-2,11H. The Kier molecular flexibility index (Phi) is 2.62. The van der Waals surface area contributed by atoms with Crippen molar-refractivity contribution < 1.29 is 5.21 Å². The van der Waals surface area contributed by atoms with Crippen molar-refractivity contribution in [2.75, 3.05) is 0 Å². The van der Waals surface area contributed by atoms with Gasteiger partial charge in [0.15, 0.2) is 5.82 Å². The molecule has 0 spiro atoms. The van der Waals surface area contributed by atoms with E-state index in [0.717, 1.165) is 6.21 Å². The maximum atomic E-state index is 8.10. The molecule has 1 heterocycles. The lowest BCUT2D eigenvalue weighted by Crippen LogP contribution is -1.93. The number of aromatic nitrogens is 2. The molecule has 0 aromatic carbocycles. The number of hydrogen-bond donors (Lipinski definition) is 1. The summed E-state index contributed by atoms with van der Waals surface area (Å²) in [6.07, 6.45) is 1.04. The van der Waals surface area contributed by atoms with Gasteiger partial charge in [-0.05, 0) is 0 Å². The summed E-state index contributed by atoms with van der Waals surface area (Å²) in [7, 11) is 0. The van der Waals surface area contributed by atoms with Crippen LogP contribution in [-0.4, -0.2) is 21.4 Å². The molecule has 1 aromatic rings. The lowest BCUT2D eigenvalue weighted by atomic mass is 10.6. The maximum Gasteiger partial charge on any atom is 0.176 e. The summed E-state index contributed by atoms with van der Waals surface area (Å²) in [6.45, 7) is 0. The van der Waals surface area contributed by atoms with Gasteiger partial charge in [-0.25, -0.2) is 9.97 Å². The third kappa shape index (κ3) is 2.32. The van der Waals surface area contributed by atoms with Crippen LogP contribution in [0.4, 0.5) is 0 Å². The summed E-state index contributed by atoms with van der Waals surface area (Å²) in [4.78, 5) is 7.37. The van der Waals surface area contributed by atoms with E-state index in [9.17, 15) is 0 Å². The molecule has 6 heteroatoms. The van der Waals surface area contributed by atoms with Gasteiger partial charge in [0.05, 0.1) is 0 Å². The predicted octanol–water partition coefficient (Wildman–Crippen LogP) is 1.59. The largest absolute Gasteiger partial charge is 0.411 e. The van der Waals surface area contributed by atoms with Crippen LogP contribution in [-0.2, 0) is 0 Å². The zero-order valence-electron chi connectivity index (χ0n) is 5.20. The van der Waals surface area contributed by atoms with Crippen molar-refractivity contribution in [2.45, 2.75) is 0 Å². The van der Waals surface area contributed by atoms with Gasteiger partial charge < -0.3 is 5.21 Å². The third-order valence-electron chi connectivity index (χ3n) is 0.854. The van der Waals surface area contributed by atoms with Crippen LogP contribution in [0, 0.1) is 0 Å². The van der Waals surface area contributed by atoms with E-state index in [1.54, 1.807) is 0 Å². The summed E-state index contributed by atoms with van der Waals surface area (Å²) in [5, 5.41) is 11.2. The Morgan fingerprint density at radius 2 is 1.91 bits per heavy atom. The van der Waals surface area contributed by atoms with Crippen molar-refractivity contribution in [3.63, 3.8) is 0 Å². The van der Waals surface area contributed by atoms with Crippen LogP contribution >= 0.6 is 23.2 Å². The van der Waals surface area contributed by atoms with E-state index in [2.05, 4.69) is 15.1 Å². The molecule has 0 unspecified atom stereocenters. The highest BCUT2D eigenvalue weighted by Gasteiger charge is 1.97. The van der Waals surface area contributed by atoms with Gasteiger partial charge in [-0.15, -0.1) is 0 Å². The average molecular weight is 192 g/mol. The highest BCUT2D eigenvalue weighted by atomic mass is 35.5. The first-order valence-electron chi connectivity index (χ1n) is 2.60. The van der Waals surface area contributed by atoms with Crippen LogP contribution in [0.1, 0.15) is 5.82 Å². The number of hydrogen-bond acceptors (Lipinski definition) is 4. The van der Waals surface area contributed by atoms with Crippen molar-refractivity contribution in [3.8, 4) is 0 Å².